The van der Waals surface area contributed by atoms with E-state index in [-0.39, 0.29) is 11.3 Å². The van der Waals surface area contributed by atoms with E-state index in [1.807, 2.05) is 6.92 Å². The van der Waals surface area contributed by atoms with Gasteiger partial charge in [-0.05, 0) is 25.1 Å². The Morgan fingerprint density at radius 1 is 1.40 bits per heavy atom. The second kappa shape index (κ2) is 5.48. The minimum Gasteiger partial charge on any atom is -0.289 e. The van der Waals surface area contributed by atoms with Crippen molar-refractivity contribution in [3.63, 3.8) is 0 Å². The van der Waals surface area contributed by atoms with Crippen LogP contribution in [0.15, 0.2) is 36.5 Å². The molecule has 1 aromatic heterocycles. The van der Waals surface area contributed by atoms with Gasteiger partial charge in [0, 0.05) is 24.4 Å². The number of aromatic nitrogens is 2. The minimum absolute atomic E-state index is 0.0790. The van der Waals surface area contributed by atoms with Crippen molar-refractivity contribution in [3.05, 3.63) is 63.5 Å². The van der Waals surface area contributed by atoms with Crippen LogP contribution >= 0.6 is 0 Å². The van der Waals surface area contributed by atoms with E-state index in [0.29, 0.717) is 0 Å². The monoisotopic (exact) mass is 271 g/mol. The van der Waals surface area contributed by atoms with E-state index in [1.54, 1.807) is 30.1 Å². The summed E-state index contributed by atoms with van der Waals surface area (Å²) in [5.74, 6) is -0.402. The molecule has 0 unspecified atom stereocenters. The molecule has 2 rings (SSSR count). The van der Waals surface area contributed by atoms with Crippen molar-refractivity contribution < 1.29 is 9.72 Å². The fraction of sp³-hybridized carbons (Fsp3) is 0.143. The van der Waals surface area contributed by atoms with Gasteiger partial charge >= 0.3 is 0 Å². The Kier molecular flexibility index (Phi) is 3.74. The van der Waals surface area contributed by atoms with Crippen molar-refractivity contribution in [1.29, 1.82) is 0 Å². The Morgan fingerprint density at radius 3 is 2.70 bits per heavy atom. The summed E-state index contributed by atoms with van der Waals surface area (Å²) in [6.45, 7) is 1.88. The zero-order chi connectivity index (χ0) is 14.7. The number of hydrogen-bond acceptors (Lipinski definition) is 4. The second-order valence-electron chi connectivity index (χ2n) is 4.28. The average Bonchev–Trinajstić information content (AvgIpc) is 2.76. The van der Waals surface area contributed by atoms with Crippen LogP contribution in [0.2, 0.25) is 0 Å². The molecule has 0 amide bonds. The van der Waals surface area contributed by atoms with Crippen LogP contribution in [-0.4, -0.2) is 20.5 Å². The molecule has 6 heteroatoms. The second-order valence-corrected chi connectivity index (χ2v) is 4.28. The summed E-state index contributed by atoms with van der Waals surface area (Å²) in [6.07, 6.45) is 4.58. The molecule has 1 aromatic carbocycles. The van der Waals surface area contributed by atoms with E-state index < -0.39 is 10.7 Å². The molecule has 0 saturated heterocycles. The Balaban J connectivity index is 2.29. The number of para-hydroxylation sites is 1. The fourth-order valence-electron chi connectivity index (χ4n) is 1.78. The Morgan fingerprint density at radius 2 is 2.10 bits per heavy atom. The highest BCUT2D eigenvalue weighted by atomic mass is 16.6. The van der Waals surface area contributed by atoms with E-state index in [1.165, 1.54) is 24.3 Å². The Bertz CT molecular complexity index is 701. The summed E-state index contributed by atoms with van der Waals surface area (Å²) in [5.41, 5.74) is 1.61. The Labute approximate surface area is 115 Å². The first-order chi connectivity index (χ1) is 9.50. The summed E-state index contributed by atoms with van der Waals surface area (Å²) in [7, 11) is 1.80. The fourth-order valence-corrected chi connectivity index (χ4v) is 1.78. The van der Waals surface area contributed by atoms with Gasteiger partial charge < -0.3 is 0 Å². The highest BCUT2D eigenvalue weighted by molar-refractivity contribution is 6.09. The largest absolute Gasteiger partial charge is 0.289 e. The zero-order valence-electron chi connectivity index (χ0n) is 11.1. The summed E-state index contributed by atoms with van der Waals surface area (Å²) in [4.78, 5) is 22.4. The SMILES string of the molecule is Cc1c(/C=C/C(=O)c2ccccc2[N+](=O)[O-])cnn1C. The summed E-state index contributed by atoms with van der Waals surface area (Å²) in [6, 6.07) is 5.89. The first-order valence-electron chi connectivity index (χ1n) is 5.95. The molecule has 0 fully saturated rings. The van der Waals surface area contributed by atoms with E-state index in [9.17, 15) is 14.9 Å². The Hall–Kier alpha value is -2.76. The van der Waals surface area contributed by atoms with Gasteiger partial charge in [0.1, 0.15) is 0 Å². The lowest BCUT2D eigenvalue weighted by Crippen LogP contribution is -2.00. The van der Waals surface area contributed by atoms with Crippen LogP contribution in [0.3, 0.4) is 0 Å². The van der Waals surface area contributed by atoms with Crippen molar-refractivity contribution in [2.24, 2.45) is 7.05 Å². The molecule has 1 heterocycles. The van der Waals surface area contributed by atoms with Crippen molar-refractivity contribution >= 4 is 17.5 Å². The molecule has 0 saturated carbocycles. The first-order valence-corrected chi connectivity index (χ1v) is 5.95. The molecule has 2 aromatic rings. The zero-order valence-corrected chi connectivity index (χ0v) is 11.1. The van der Waals surface area contributed by atoms with Crippen molar-refractivity contribution in [2.75, 3.05) is 0 Å². The van der Waals surface area contributed by atoms with E-state index in [4.69, 9.17) is 0 Å². The normalized spacial score (nSPS) is 10.9. The number of carbonyl (C=O) groups excluding carboxylic acids is 1. The number of allylic oxidation sites excluding steroid dienone is 1. The molecule has 6 nitrogen and oxygen atoms in total. The maximum Gasteiger partial charge on any atom is 0.280 e. The molecular formula is C14H13N3O3. The van der Waals surface area contributed by atoms with Gasteiger partial charge in [-0.2, -0.15) is 5.10 Å². The standard InChI is InChI=1S/C14H13N3O3/c1-10-11(9-15-16(10)2)7-8-14(18)12-5-3-4-6-13(12)17(19)20/h3-9H,1-2H3/b8-7+. The third-order valence-corrected chi connectivity index (χ3v) is 3.05. The van der Waals surface area contributed by atoms with Crippen LogP contribution in [-0.2, 0) is 7.05 Å². The smallest absolute Gasteiger partial charge is 0.280 e. The first kappa shape index (κ1) is 13.7. The van der Waals surface area contributed by atoms with Crippen LogP contribution in [0.25, 0.3) is 6.08 Å². The predicted molar refractivity (Wildman–Crippen MR) is 74.4 cm³/mol. The molecule has 0 radical (unpaired) electrons. The molecule has 0 aliphatic heterocycles. The van der Waals surface area contributed by atoms with Crippen molar-refractivity contribution in [2.45, 2.75) is 6.92 Å². The molecular weight excluding hydrogens is 258 g/mol. The summed E-state index contributed by atoms with van der Waals surface area (Å²) < 4.78 is 1.69. The number of rotatable bonds is 4. The number of nitrogens with zero attached hydrogens (tertiary/aromatic N) is 3. The minimum atomic E-state index is -0.559. The van der Waals surface area contributed by atoms with Crippen molar-refractivity contribution in [3.8, 4) is 0 Å². The van der Waals surface area contributed by atoms with Crippen LogP contribution < -0.4 is 0 Å². The number of aryl methyl sites for hydroxylation is 1. The van der Waals surface area contributed by atoms with Gasteiger partial charge in [-0.25, -0.2) is 0 Å². The maximum atomic E-state index is 12.0. The van der Waals surface area contributed by atoms with Crippen LogP contribution in [0, 0.1) is 17.0 Å². The number of benzene rings is 1. The average molecular weight is 271 g/mol. The van der Waals surface area contributed by atoms with E-state index >= 15 is 0 Å². The lowest BCUT2D eigenvalue weighted by molar-refractivity contribution is -0.385. The molecule has 102 valence electrons. The summed E-state index contributed by atoms with van der Waals surface area (Å²) >= 11 is 0. The number of hydrogen-bond donors (Lipinski definition) is 0. The van der Waals surface area contributed by atoms with E-state index in [2.05, 4.69) is 5.10 Å². The molecule has 0 bridgehead atoms. The topological polar surface area (TPSA) is 78.0 Å². The number of nitro benzene ring substituents is 1. The summed E-state index contributed by atoms with van der Waals surface area (Å²) in [5, 5.41) is 14.9. The third kappa shape index (κ3) is 2.64. The van der Waals surface area contributed by atoms with Gasteiger partial charge in [0.05, 0.1) is 16.7 Å². The van der Waals surface area contributed by atoms with Gasteiger partial charge in [-0.3, -0.25) is 19.6 Å². The maximum absolute atomic E-state index is 12.0. The van der Waals surface area contributed by atoms with Crippen molar-refractivity contribution in [1.82, 2.24) is 9.78 Å². The molecule has 0 aliphatic carbocycles. The number of carbonyl (C=O) groups is 1. The molecule has 0 spiro atoms. The number of ketones is 1. The van der Waals surface area contributed by atoms with Gasteiger partial charge in [0.2, 0.25) is 0 Å². The molecule has 0 atom stereocenters. The van der Waals surface area contributed by atoms with Gasteiger partial charge in [-0.1, -0.05) is 12.1 Å². The molecule has 20 heavy (non-hydrogen) atoms. The van der Waals surface area contributed by atoms with Gasteiger partial charge in [0.25, 0.3) is 5.69 Å². The van der Waals surface area contributed by atoms with Crippen LogP contribution in [0.4, 0.5) is 5.69 Å². The van der Waals surface area contributed by atoms with Crippen LogP contribution in [0.1, 0.15) is 21.6 Å². The van der Waals surface area contributed by atoms with Crippen LogP contribution in [0.5, 0.6) is 0 Å². The highest BCUT2D eigenvalue weighted by Crippen LogP contribution is 2.19. The van der Waals surface area contributed by atoms with E-state index in [0.717, 1.165) is 11.3 Å². The number of nitro groups is 1. The molecule has 0 aliphatic rings. The lowest BCUT2D eigenvalue weighted by atomic mass is 10.1. The quantitative estimate of drug-likeness (QED) is 0.370. The predicted octanol–water partition coefficient (Wildman–Crippen LogP) is 2.53. The van der Waals surface area contributed by atoms with Gasteiger partial charge in [-0.15, -0.1) is 0 Å². The third-order valence-electron chi connectivity index (χ3n) is 3.05. The molecule has 0 N–H and O–H groups in total. The lowest BCUT2D eigenvalue weighted by Gasteiger charge is -1.98. The highest BCUT2D eigenvalue weighted by Gasteiger charge is 2.17. The van der Waals surface area contributed by atoms with Gasteiger partial charge in [0.15, 0.2) is 5.78 Å².